The van der Waals surface area contributed by atoms with Gasteiger partial charge in [0.05, 0.1) is 4.90 Å². The molecule has 0 bridgehead atoms. The molecule has 0 radical (unpaired) electrons. The number of alkyl halides is 1. The van der Waals surface area contributed by atoms with E-state index in [1.165, 1.54) is 23.5 Å². The first-order valence-electron chi connectivity index (χ1n) is 4.69. The first-order valence-corrected chi connectivity index (χ1v) is 7.25. The standard InChI is InChI=1S/C10H13BrFNO2S/c1-8(7-11)13(2)16(14,15)10-5-3-9(12)4-6-10/h3-6,8H,7H2,1-2H3. The lowest BCUT2D eigenvalue weighted by atomic mass is 10.4. The summed E-state index contributed by atoms with van der Waals surface area (Å²) in [6.07, 6.45) is 0. The van der Waals surface area contributed by atoms with E-state index >= 15 is 0 Å². The molecule has 0 aliphatic rings. The van der Waals surface area contributed by atoms with Crippen LogP contribution in [0, 0.1) is 5.82 Å². The van der Waals surface area contributed by atoms with E-state index in [1.807, 2.05) is 0 Å². The number of halogens is 2. The third-order valence-corrected chi connectivity index (χ3v) is 5.26. The summed E-state index contributed by atoms with van der Waals surface area (Å²) < 4.78 is 38.0. The Balaban J connectivity index is 3.07. The molecule has 0 fully saturated rings. The molecule has 90 valence electrons. The van der Waals surface area contributed by atoms with Gasteiger partial charge in [0.2, 0.25) is 10.0 Å². The van der Waals surface area contributed by atoms with Gasteiger partial charge in [0, 0.05) is 18.4 Å². The van der Waals surface area contributed by atoms with E-state index in [0.29, 0.717) is 5.33 Å². The van der Waals surface area contributed by atoms with Crippen LogP contribution in [0.4, 0.5) is 4.39 Å². The fraction of sp³-hybridized carbons (Fsp3) is 0.400. The number of hydrogen-bond donors (Lipinski definition) is 0. The van der Waals surface area contributed by atoms with E-state index < -0.39 is 15.8 Å². The zero-order valence-corrected chi connectivity index (χ0v) is 11.4. The summed E-state index contributed by atoms with van der Waals surface area (Å²) in [6.45, 7) is 1.79. The van der Waals surface area contributed by atoms with Gasteiger partial charge < -0.3 is 0 Å². The van der Waals surface area contributed by atoms with Crippen LogP contribution in [0.3, 0.4) is 0 Å². The zero-order valence-electron chi connectivity index (χ0n) is 9.02. The van der Waals surface area contributed by atoms with Crippen LogP contribution in [0.15, 0.2) is 29.2 Å². The zero-order chi connectivity index (χ0) is 12.3. The lowest BCUT2D eigenvalue weighted by Gasteiger charge is -2.22. The maximum Gasteiger partial charge on any atom is 0.243 e. The molecule has 0 aliphatic carbocycles. The SMILES string of the molecule is CC(CBr)N(C)S(=O)(=O)c1ccc(F)cc1. The second-order valence-corrected chi connectivity index (χ2v) is 6.12. The van der Waals surface area contributed by atoms with Crippen molar-refractivity contribution in [1.82, 2.24) is 4.31 Å². The van der Waals surface area contributed by atoms with Crippen molar-refractivity contribution >= 4 is 26.0 Å². The molecule has 1 atom stereocenters. The van der Waals surface area contributed by atoms with Gasteiger partial charge in [-0.15, -0.1) is 0 Å². The van der Waals surface area contributed by atoms with Crippen molar-refractivity contribution in [2.75, 3.05) is 12.4 Å². The number of nitrogens with zero attached hydrogens (tertiary/aromatic N) is 1. The van der Waals surface area contributed by atoms with Gasteiger partial charge in [-0.05, 0) is 31.2 Å². The first-order chi connectivity index (χ1) is 7.39. The van der Waals surface area contributed by atoms with Gasteiger partial charge in [-0.25, -0.2) is 12.8 Å². The van der Waals surface area contributed by atoms with Crippen LogP contribution in [0.1, 0.15) is 6.92 Å². The largest absolute Gasteiger partial charge is 0.243 e. The van der Waals surface area contributed by atoms with Crippen molar-refractivity contribution in [3.63, 3.8) is 0 Å². The molecule has 0 amide bonds. The molecular weight excluding hydrogens is 297 g/mol. The van der Waals surface area contributed by atoms with Gasteiger partial charge in [0.1, 0.15) is 5.82 Å². The Morgan fingerprint density at radius 1 is 1.38 bits per heavy atom. The minimum Gasteiger partial charge on any atom is -0.207 e. The van der Waals surface area contributed by atoms with Gasteiger partial charge in [-0.2, -0.15) is 4.31 Å². The Labute approximate surface area is 103 Å². The Kier molecular flexibility index (Phi) is 4.46. The van der Waals surface area contributed by atoms with E-state index in [-0.39, 0.29) is 10.9 Å². The lowest BCUT2D eigenvalue weighted by Crippen LogP contribution is -2.36. The molecule has 0 aromatic heterocycles. The summed E-state index contributed by atoms with van der Waals surface area (Å²) >= 11 is 3.23. The van der Waals surface area contributed by atoms with Crippen LogP contribution in [0.5, 0.6) is 0 Å². The molecule has 0 saturated heterocycles. The lowest BCUT2D eigenvalue weighted by molar-refractivity contribution is 0.416. The number of benzene rings is 1. The number of rotatable bonds is 4. The highest BCUT2D eigenvalue weighted by molar-refractivity contribution is 9.09. The van der Waals surface area contributed by atoms with E-state index in [4.69, 9.17) is 0 Å². The van der Waals surface area contributed by atoms with Crippen LogP contribution in [0.25, 0.3) is 0 Å². The highest BCUT2D eigenvalue weighted by Gasteiger charge is 2.24. The highest BCUT2D eigenvalue weighted by Crippen LogP contribution is 2.17. The molecule has 6 heteroatoms. The van der Waals surface area contributed by atoms with Crippen molar-refractivity contribution < 1.29 is 12.8 Å². The van der Waals surface area contributed by atoms with Crippen LogP contribution in [-0.4, -0.2) is 31.1 Å². The maximum absolute atomic E-state index is 12.7. The normalized spacial score (nSPS) is 14.1. The predicted octanol–water partition coefficient (Wildman–Crippen LogP) is 2.23. The summed E-state index contributed by atoms with van der Waals surface area (Å²) in [5.41, 5.74) is 0. The molecule has 1 aromatic carbocycles. The van der Waals surface area contributed by atoms with E-state index in [0.717, 1.165) is 12.1 Å². The Morgan fingerprint density at radius 3 is 2.31 bits per heavy atom. The van der Waals surface area contributed by atoms with Crippen LogP contribution >= 0.6 is 15.9 Å². The van der Waals surface area contributed by atoms with Gasteiger partial charge in [-0.1, -0.05) is 15.9 Å². The van der Waals surface area contributed by atoms with Crippen molar-refractivity contribution in [1.29, 1.82) is 0 Å². The van der Waals surface area contributed by atoms with Crippen molar-refractivity contribution in [3.8, 4) is 0 Å². The second kappa shape index (κ2) is 5.25. The average molecular weight is 310 g/mol. The third-order valence-electron chi connectivity index (χ3n) is 2.33. The maximum atomic E-state index is 12.7. The molecule has 0 aliphatic heterocycles. The van der Waals surface area contributed by atoms with E-state index in [9.17, 15) is 12.8 Å². The molecule has 1 unspecified atom stereocenters. The fourth-order valence-corrected chi connectivity index (χ4v) is 3.09. The minimum absolute atomic E-state index is 0.101. The minimum atomic E-state index is -3.53. The predicted molar refractivity (Wildman–Crippen MR) is 64.6 cm³/mol. The van der Waals surface area contributed by atoms with Crippen molar-refractivity contribution in [2.45, 2.75) is 17.9 Å². The number of sulfonamides is 1. The summed E-state index contributed by atoms with van der Waals surface area (Å²) in [4.78, 5) is 0.101. The molecule has 3 nitrogen and oxygen atoms in total. The average Bonchev–Trinajstić information content (AvgIpc) is 2.27. The quantitative estimate of drug-likeness (QED) is 0.800. The topological polar surface area (TPSA) is 37.4 Å². The van der Waals surface area contributed by atoms with E-state index in [1.54, 1.807) is 6.92 Å². The fourth-order valence-electron chi connectivity index (χ4n) is 1.11. The highest BCUT2D eigenvalue weighted by atomic mass is 79.9. The summed E-state index contributed by atoms with van der Waals surface area (Å²) in [5.74, 6) is -0.449. The molecule has 16 heavy (non-hydrogen) atoms. The molecule has 1 aromatic rings. The third kappa shape index (κ3) is 2.81. The summed E-state index contributed by atoms with van der Waals surface area (Å²) in [7, 11) is -2.03. The second-order valence-electron chi connectivity index (χ2n) is 3.48. The Hall–Kier alpha value is -0.460. The van der Waals surface area contributed by atoms with Crippen LogP contribution in [0.2, 0.25) is 0 Å². The Bertz CT molecular complexity index is 446. The van der Waals surface area contributed by atoms with Gasteiger partial charge in [-0.3, -0.25) is 0 Å². The summed E-state index contributed by atoms with van der Waals surface area (Å²) in [6, 6.07) is 4.65. The Morgan fingerprint density at radius 2 is 1.88 bits per heavy atom. The van der Waals surface area contributed by atoms with Gasteiger partial charge in [0.15, 0.2) is 0 Å². The smallest absolute Gasteiger partial charge is 0.207 e. The van der Waals surface area contributed by atoms with Crippen molar-refractivity contribution in [2.24, 2.45) is 0 Å². The van der Waals surface area contributed by atoms with Gasteiger partial charge in [0.25, 0.3) is 0 Å². The molecule has 0 N–H and O–H groups in total. The van der Waals surface area contributed by atoms with E-state index in [2.05, 4.69) is 15.9 Å². The molecular formula is C10H13BrFNO2S. The molecule has 0 spiro atoms. The van der Waals surface area contributed by atoms with Crippen LogP contribution in [-0.2, 0) is 10.0 Å². The monoisotopic (exact) mass is 309 g/mol. The van der Waals surface area contributed by atoms with Crippen molar-refractivity contribution in [3.05, 3.63) is 30.1 Å². The van der Waals surface area contributed by atoms with Gasteiger partial charge >= 0.3 is 0 Å². The summed E-state index contributed by atoms with van der Waals surface area (Å²) in [5, 5.41) is 0.546. The molecule has 0 heterocycles. The van der Waals surface area contributed by atoms with Crippen LogP contribution < -0.4 is 0 Å². The molecule has 0 saturated carbocycles. The number of hydrogen-bond acceptors (Lipinski definition) is 2. The first kappa shape index (κ1) is 13.6. The molecule has 1 rings (SSSR count).